The molecule has 1 aliphatic heterocycles. The number of likely N-dealkylation sites (N-methyl/N-ethyl adjacent to an activating group) is 2. The van der Waals surface area contributed by atoms with Crippen LogP contribution in [-0.4, -0.2) is 44.3 Å². The van der Waals surface area contributed by atoms with Crippen LogP contribution >= 0.6 is 12.2 Å². The summed E-state index contributed by atoms with van der Waals surface area (Å²) in [6.45, 7) is 1.93. The zero-order valence-electron chi connectivity index (χ0n) is 11.5. The van der Waals surface area contributed by atoms with Crippen molar-refractivity contribution in [2.45, 2.75) is 6.92 Å². The van der Waals surface area contributed by atoms with Gasteiger partial charge in [-0.25, -0.2) is 4.98 Å². The van der Waals surface area contributed by atoms with Gasteiger partial charge in [0.25, 0.3) is 5.91 Å². The first-order chi connectivity index (χ1) is 9.50. The van der Waals surface area contributed by atoms with Gasteiger partial charge in [-0.3, -0.25) is 14.1 Å². The number of aryl methyl sites for hydroxylation is 1. The highest BCUT2D eigenvalue weighted by Gasteiger charge is 2.33. The van der Waals surface area contributed by atoms with Crippen LogP contribution in [-0.2, 0) is 4.79 Å². The van der Waals surface area contributed by atoms with Crippen molar-refractivity contribution in [3.05, 3.63) is 41.5 Å². The Bertz CT molecular complexity index is 762. The number of carbonyl (C=O) groups excluding carboxylic acids is 1. The van der Waals surface area contributed by atoms with Gasteiger partial charge in [0.1, 0.15) is 11.3 Å². The molecule has 3 heterocycles. The molecule has 5 nitrogen and oxygen atoms in total. The van der Waals surface area contributed by atoms with E-state index in [1.165, 1.54) is 4.90 Å². The summed E-state index contributed by atoms with van der Waals surface area (Å²) in [6, 6.07) is 5.81. The second kappa shape index (κ2) is 4.42. The summed E-state index contributed by atoms with van der Waals surface area (Å²) >= 11 is 5.21. The number of rotatable bonds is 1. The van der Waals surface area contributed by atoms with Crippen LogP contribution in [0.1, 0.15) is 11.4 Å². The van der Waals surface area contributed by atoms with Crippen molar-refractivity contribution in [1.82, 2.24) is 19.2 Å². The molecule has 0 saturated carbocycles. The second-order valence-electron chi connectivity index (χ2n) is 4.75. The highest BCUT2D eigenvalue weighted by molar-refractivity contribution is 7.80. The van der Waals surface area contributed by atoms with E-state index in [2.05, 4.69) is 4.98 Å². The summed E-state index contributed by atoms with van der Waals surface area (Å²) in [6.07, 6.45) is 3.77. The number of thiocarbonyl (C=S) groups is 1. The van der Waals surface area contributed by atoms with Crippen LogP contribution < -0.4 is 0 Å². The highest BCUT2D eigenvalue weighted by atomic mass is 32.1. The molecular formula is C14H14N4OS. The van der Waals surface area contributed by atoms with Gasteiger partial charge in [0, 0.05) is 20.3 Å². The molecule has 6 heteroatoms. The molecule has 1 amide bonds. The lowest BCUT2D eigenvalue weighted by Gasteiger charge is -2.11. The quantitative estimate of drug-likeness (QED) is 0.591. The Morgan fingerprint density at radius 2 is 2.00 bits per heavy atom. The van der Waals surface area contributed by atoms with Crippen molar-refractivity contribution >= 4 is 35.0 Å². The minimum absolute atomic E-state index is 0.0946. The molecular weight excluding hydrogens is 272 g/mol. The van der Waals surface area contributed by atoms with Crippen molar-refractivity contribution in [2.24, 2.45) is 0 Å². The number of hydrogen-bond acceptors (Lipinski definition) is 3. The molecule has 0 aromatic carbocycles. The number of fused-ring (bicyclic) bond motifs is 1. The SMILES string of the molecule is Cc1nc2ccccn2c1C=C1C(=O)N(C)C(=S)N1C. The minimum Gasteiger partial charge on any atom is -0.317 e. The summed E-state index contributed by atoms with van der Waals surface area (Å²) < 4.78 is 1.96. The summed E-state index contributed by atoms with van der Waals surface area (Å²) in [5.74, 6) is -0.0946. The largest absolute Gasteiger partial charge is 0.317 e. The van der Waals surface area contributed by atoms with Crippen LogP contribution in [0, 0.1) is 6.92 Å². The van der Waals surface area contributed by atoms with Crippen molar-refractivity contribution in [1.29, 1.82) is 0 Å². The third-order valence-corrected chi connectivity index (χ3v) is 4.03. The zero-order valence-corrected chi connectivity index (χ0v) is 12.3. The number of amides is 1. The highest BCUT2D eigenvalue weighted by Crippen LogP contribution is 2.22. The van der Waals surface area contributed by atoms with Crippen LogP contribution in [0.25, 0.3) is 11.7 Å². The van der Waals surface area contributed by atoms with E-state index in [1.807, 2.05) is 41.8 Å². The Morgan fingerprint density at radius 1 is 1.25 bits per heavy atom. The zero-order chi connectivity index (χ0) is 14.4. The predicted molar refractivity (Wildman–Crippen MR) is 81.0 cm³/mol. The first kappa shape index (κ1) is 12.8. The first-order valence-corrected chi connectivity index (χ1v) is 6.62. The lowest BCUT2D eigenvalue weighted by atomic mass is 10.2. The number of nitrogens with zero attached hydrogens (tertiary/aromatic N) is 4. The van der Waals surface area contributed by atoms with Gasteiger partial charge in [-0.05, 0) is 37.4 Å². The van der Waals surface area contributed by atoms with Gasteiger partial charge in [0.05, 0.1) is 11.4 Å². The molecule has 2 aromatic rings. The van der Waals surface area contributed by atoms with Crippen LogP contribution in [0.15, 0.2) is 30.1 Å². The number of pyridine rings is 1. The topological polar surface area (TPSA) is 40.9 Å². The third-order valence-electron chi connectivity index (χ3n) is 3.48. The molecule has 0 radical (unpaired) electrons. The van der Waals surface area contributed by atoms with E-state index in [4.69, 9.17) is 12.2 Å². The molecule has 20 heavy (non-hydrogen) atoms. The Balaban J connectivity index is 2.18. The van der Waals surface area contributed by atoms with E-state index in [-0.39, 0.29) is 5.91 Å². The number of carbonyl (C=O) groups is 1. The van der Waals surface area contributed by atoms with Gasteiger partial charge < -0.3 is 4.90 Å². The molecule has 0 unspecified atom stereocenters. The van der Waals surface area contributed by atoms with Crippen molar-refractivity contribution in [2.75, 3.05) is 14.1 Å². The number of hydrogen-bond donors (Lipinski definition) is 0. The fourth-order valence-corrected chi connectivity index (χ4v) is 2.51. The van der Waals surface area contributed by atoms with Gasteiger partial charge in [-0.15, -0.1) is 0 Å². The van der Waals surface area contributed by atoms with Gasteiger partial charge in [0.2, 0.25) is 0 Å². The van der Waals surface area contributed by atoms with Crippen LogP contribution in [0.5, 0.6) is 0 Å². The maximum atomic E-state index is 12.2. The first-order valence-electron chi connectivity index (χ1n) is 6.22. The van der Waals surface area contributed by atoms with Gasteiger partial charge in [-0.2, -0.15) is 0 Å². The lowest BCUT2D eigenvalue weighted by molar-refractivity contribution is -0.121. The standard InChI is InChI=1S/C14H14N4OS/c1-9-10(18-7-5-4-6-12(18)15-9)8-11-13(19)17(3)14(20)16(11)2/h4-8H,1-3H3. The van der Waals surface area contributed by atoms with Crippen LogP contribution in [0.4, 0.5) is 0 Å². The fraction of sp³-hybridized carbons (Fsp3) is 0.214. The molecule has 3 rings (SSSR count). The lowest BCUT2D eigenvalue weighted by Crippen LogP contribution is -2.26. The van der Waals surface area contributed by atoms with E-state index in [0.29, 0.717) is 10.8 Å². The Labute approximate surface area is 122 Å². The molecule has 102 valence electrons. The molecule has 0 aliphatic carbocycles. The van der Waals surface area contributed by atoms with Gasteiger partial charge >= 0.3 is 0 Å². The van der Waals surface area contributed by atoms with E-state index in [9.17, 15) is 4.79 Å². The maximum Gasteiger partial charge on any atom is 0.276 e. The second-order valence-corrected chi connectivity index (χ2v) is 5.11. The van der Waals surface area contributed by atoms with E-state index in [1.54, 1.807) is 19.0 Å². The number of aromatic nitrogens is 2. The average molecular weight is 286 g/mol. The Kier molecular flexibility index (Phi) is 2.83. The van der Waals surface area contributed by atoms with E-state index >= 15 is 0 Å². The summed E-state index contributed by atoms with van der Waals surface area (Å²) in [7, 11) is 3.48. The summed E-state index contributed by atoms with van der Waals surface area (Å²) in [5, 5.41) is 0.507. The van der Waals surface area contributed by atoms with Gasteiger partial charge in [0.15, 0.2) is 5.11 Å². The Hall–Kier alpha value is -2.21. The monoisotopic (exact) mass is 286 g/mol. The van der Waals surface area contributed by atoms with Crippen molar-refractivity contribution < 1.29 is 4.79 Å². The molecule has 0 N–H and O–H groups in total. The molecule has 0 spiro atoms. The Morgan fingerprint density at radius 3 is 2.65 bits per heavy atom. The third kappa shape index (κ3) is 1.72. The molecule has 0 bridgehead atoms. The molecule has 2 aromatic heterocycles. The number of imidazole rings is 1. The normalized spacial score (nSPS) is 17.9. The van der Waals surface area contributed by atoms with Crippen molar-refractivity contribution in [3.63, 3.8) is 0 Å². The summed E-state index contributed by atoms with van der Waals surface area (Å²) in [4.78, 5) is 19.9. The molecule has 1 saturated heterocycles. The minimum atomic E-state index is -0.0946. The predicted octanol–water partition coefficient (Wildman–Crippen LogP) is 1.67. The van der Waals surface area contributed by atoms with E-state index in [0.717, 1.165) is 17.0 Å². The van der Waals surface area contributed by atoms with Crippen LogP contribution in [0.2, 0.25) is 0 Å². The summed E-state index contributed by atoms with van der Waals surface area (Å²) in [5.41, 5.74) is 3.20. The molecule has 1 aliphatic rings. The average Bonchev–Trinajstić information content (AvgIpc) is 2.85. The smallest absolute Gasteiger partial charge is 0.276 e. The van der Waals surface area contributed by atoms with Crippen molar-refractivity contribution in [3.8, 4) is 0 Å². The van der Waals surface area contributed by atoms with Gasteiger partial charge in [-0.1, -0.05) is 6.07 Å². The van der Waals surface area contributed by atoms with Crippen LogP contribution in [0.3, 0.4) is 0 Å². The maximum absolute atomic E-state index is 12.2. The molecule has 0 atom stereocenters. The fourth-order valence-electron chi connectivity index (χ4n) is 2.32. The molecule has 1 fully saturated rings. The van der Waals surface area contributed by atoms with E-state index < -0.39 is 0 Å².